The van der Waals surface area contributed by atoms with Gasteiger partial charge in [-0.25, -0.2) is 0 Å². The van der Waals surface area contributed by atoms with Gasteiger partial charge in [0.1, 0.15) is 17.9 Å². The SMILES string of the molecule is N#Cc1cc(C=O)cc([N+](=O)[O-])c1C=O. The van der Waals surface area contributed by atoms with E-state index in [1.54, 1.807) is 6.07 Å². The molecule has 1 aromatic rings. The van der Waals surface area contributed by atoms with E-state index >= 15 is 0 Å². The van der Waals surface area contributed by atoms with E-state index in [9.17, 15) is 19.7 Å². The van der Waals surface area contributed by atoms with Crippen LogP contribution in [-0.2, 0) is 0 Å². The monoisotopic (exact) mass is 204 g/mol. The zero-order valence-corrected chi connectivity index (χ0v) is 7.34. The number of hydrogen-bond donors (Lipinski definition) is 0. The fourth-order valence-electron chi connectivity index (χ4n) is 1.10. The van der Waals surface area contributed by atoms with Crippen LogP contribution < -0.4 is 0 Å². The summed E-state index contributed by atoms with van der Waals surface area (Å²) in [5.74, 6) is 0. The molecule has 0 aliphatic heterocycles. The number of nitro groups is 1. The van der Waals surface area contributed by atoms with E-state index in [1.807, 2.05) is 0 Å². The van der Waals surface area contributed by atoms with Crippen molar-refractivity contribution in [3.8, 4) is 6.07 Å². The second kappa shape index (κ2) is 4.11. The highest BCUT2D eigenvalue weighted by molar-refractivity contribution is 5.89. The third-order valence-corrected chi connectivity index (χ3v) is 1.75. The average Bonchev–Trinajstić information content (AvgIpc) is 2.26. The maximum absolute atomic E-state index is 10.6. The minimum absolute atomic E-state index is 0.0103. The van der Waals surface area contributed by atoms with Gasteiger partial charge in [0.25, 0.3) is 5.69 Å². The van der Waals surface area contributed by atoms with E-state index < -0.39 is 10.6 Å². The lowest BCUT2D eigenvalue weighted by atomic mass is 10.0. The summed E-state index contributed by atoms with van der Waals surface area (Å²) in [6.07, 6.45) is 0.605. The van der Waals surface area contributed by atoms with E-state index in [1.165, 1.54) is 0 Å². The molecule has 0 saturated carbocycles. The van der Waals surface area contributed by atoms with Crippen LogP contribution in [0.1, 0.15) is 26.3 Å². The molecular formula is C9H4N2O4. The van der Waals surface area contributed by atoms with Crippen LogP contribution in [-0.4, -0.2) is 17.5 Å². The smallest absolute Gasteiger partial charge is 0.281 e. The number of nitriles is 1. The molecule has 0 atom stereocenters. The van der Waals surface area contributed by atoms with E-state index in [0.29, 0.717) is 6.29 Å². The zero-order valence-electron chi connectivity index (χ0n) is 7.34. The Hall–Kier alpha value is -2.55. The zero-order chi connectivity index (χ0) is 11.4. The van der Waals surface area contributed by atoms with Crippen LogP contribution in [0.25, 0.3) is 0 Å². The van der Waals surface area contributed by atoms with Gasteiger partial charge in [-0.15, -0.1) is 0 Å². The van der Waals surface area contributed by atoms with E-state index in [2.05, 4.69) is 0 Å². The lowest BCUT2D eigenvalue weighted by Crippen LogP contribution is -1.99. The summed E-state index contributed by atoms with van der Waals surface area (Å²) < 4.78 is 0. The molecule has 0 N–H and O–H groups in total. The third-order valence-electron chi connectivity index (χ3n) is 1.75. The molecule has 6 heteroatoms. The first-order valence-corrected chi connectivity index (χ1v) is 3.77. The highest BCUT2D eigenvalue weighted by atomic mass is 16.6. The Balaban J connectivity index is 3.61. The maximum Gasteiger partial charge on any atom is 0.281 e. The Morgan fingerprint density at radius 2 is 2.00 bits per heavy atom. The van der Waals surface area contributed by atoms with Crippen molar-refractivity contribution in [2.75, 3.05) is 0 Å². The Kier molecular flexibility index (Phi) is 2.88. The summed E-state index contributed by atoms with van der Waals surface area (Å²) in [6, 6.07) is 3.71. The van der Waals surface area contributed by atoms with E-state index in [4.69, 9.17) is 5.26 Å². The average molecular weight is 204 g/mol. The van der Waals surface area contributed by atoms with Gasteiger partial charge in [0.15, 0.2) is 6.29 Å². The standard InChI is InChI=1S/C9H4N2O4/c10-3-7-1-6(4-12)2-9(11(14)15)8(7)5-13/h1-2,4-5H. The summed E-state index contributed by atoms with van der Waals surface area (Å²) in [5, 5.41) is 19.2. The number of carbonyl (C=O) groups excluding carboxylic acids is 2. The third kappa shape index (κ3) is 1.86. The molecule has 0 spiro atoms. The van der Waals surface area contributed by atoms with Crippen molar-refractivity contribution in [2.24, 2.45) is 0 Å². The lowest BCUT2D eigenvalue weighted by molar-refractivity contribution is -0.385. The largest absolute Gasteiger partial charge is 0.298 e. The molecule has 15 heavy (non-hydrogen) atoms. The van der Waals surface area contributed by atoms with Gasteiger partial charge in [-0.05, 0) is 6.07 Å². The second-order valence-corrected chi connectivity index (χ2v) is 2.61. The summed E-state index contributed by atoms with van der Waals surface area (Å²) in [4.78, 5) is 30.7. The van der Waals surface area contributed by atoms with Gasteiger partial charge in [-0.1, -0.05) is 0 Å². The Bertz CT molecular complexity index is 488. The fourth-order valence-corrected chi connectivity index (χ4v) is 1.10. The highest BCUT2D eigenvalue weighted by Crippen LogP contribution is 2.21. The van der Waals surface area contributed by atoms with Gasteiger partial charge in [0.2, 0.25) is 0 Å². The molecule has 1 aromatic carbocycles. The first-order chi connectivity index (χ1) is 7.13. The quantitative estimate of drug-likeness (QED) is 0.416. The van der Waals surface area contributed by atoms with E-state index in [0.717, 1.165) is 12.1 Å². The Labute approximate surface area is 83.9 Å². The molecule has 1 rings (SSSR count). The molecule has 0 amide bonds. The van der Waals surface area contributed by atoms with Gasteiger partial charge in [0.05, 0.1) is 10.5 Å². The van der Waals surface area contributed by atoms with Crippen molar-refractivity contribution in [3.63, 3.8) is 0 Å². The van der Waals surface area contributed by atoms with Crippen molar-refractivity contribution >= 4 is 18.3 Å². The Morgan fingerprint density at radius 1 is 1.33 bits per heavy atom. The molecule has 0 radical (unpaired) electrons. The van der Waals surface area contributed by atoms with Crippen molar-refractivity contribution < 1.29 is 14.5 Å². The first-order valence-electron chi connectivity index (χ1n) is 3.77. The van der Waals surface area contributed by atoms with Crippen LogP contribution in [0.2, 0.25) is 0 Å². The maximum atomic E-state index is 10.6. The minimum atomic E-state index is -0.808. The molecule has 6 nitrogen and oxygen atoms in total. The van der Waals surface area contributed by atoms with Crippen LogP contribution in [0.5, 0.6) is 0 Å². The molecule has 0 heterocycles. The number of nitro benzene ring substituents is 1. The molecule has 0 aromatic heterocycles. The number of carbonyl (C=O) groups is 2. The van der Waals surface area contributed by atoms with Gasteiger partial charge in [0, 0.05) is 11.6 Å². The molecular weight excluding hydrogens is 200 g/mol. The topological polar surface area (TPSA) is 101 Å². The number of benzene rings is 1. The van der Waals surface area contributed by atoms with E-state index in [-0.39, 0.29) is 23.0 Å². The van der Waals surface area contributed by atoms with Crippen LogP contribution >= 0.6 is 0 Å². The summed E-state index contributed by atoms with van der Waals surface area (Å²) in [7, 11) is 0. The summed E-state index contributed by atoms with van der Waals surface area (Å²) in [5.41, 5.74) is -1.04. The summed E-state index contributed by atoms with van der Waals surface area (Å²) in [6.45, 7) is 0. The summed E-state index contributed by atoms with van der Waals surface area (Å²) >= 11 is 0. The number of rotatable bonds is 3. The van der Waals surface area contributed by atoms with Crippen LogP contribution in [0.15, 0.2) is 12.1 Å². The van der Waals surface area contributed by atoms with Crippen LogP contribution in [0.3, 0.4) is 0 Å². The van der Waals surface area contributed by atoms with Crippen molar-refractivity contribution in [1.82, 2.24) is 0 Å². The predicted molar refractivity (Wildman–Crippen MR) is 48.6 cm³/mol. The number of nitrogens with zero attached hydrogens (tertiary/aromatic N) is 2. The van der Waals surface area contributed by atoms with Crippen molar-refractivity contribution in [3.05, 3.63) is 38.9 Å². The van der Waals surface area contributed by atoms with Gasteiger partial charge >= 0.3 is 0 Å². The molecule has 0 unspecified atom stereocenters. The molecule has 0 aliphatic rings. The fraction of sp³-hybridized carbons (Fsp3) is 0. The van der Waals surface area contributed by atoms with Crippen molar-refractivity contribution in [1.29, 1.82) is 5.26 Å². The van der Waals surface area contributed by atoms with Gasteiger partial charge in [-0.2, -0.15) is 5.26 Å². The molecule has 74 valence electrons. The molecule has 0 aliphatic carbocycles. The van der Waals surface area contributed by atoms with Crippen LogP contribution in [0, 0.1) is 21.4 Å². The van der Waals surface area contributed by atoms with Crippen molar-refractivity contribution in [2.45, 2.75) is 0 Å². The first kappa shape index (κ1) is 10.5. The normalized spacial score (nSPS) is 9.00. The molecule has 0 fully saturated rings. The number of aldehydes is 2. The number of hydrogen-bond acceptors (Lipinski definition) is 5. The minimum Gasteiger partial charge on any atom is -0.298 e. The molecule has 0 saturated heterocycles. The van der Waals surface area contributed by atoms with Gasteiger partial charge < -0.3 is 0 Å². The highest BCUT2D eigenvalue weighted by Gasteiger charge is 2.18. The predicted octanol–water partition coefficient (Wildman–Crippen LogP) is 1.09. The lowest BCUT2D eigenvalue weighted by Gasteiger charge is -1.99. The second-order valence-electron chi connectivity index (χ2n) is 2.61. The van der Waals surface area contributed by atoms with Gasteiger partial charge in [-0.3, -0.25) is 19.7 Å². The van der Waals surface area contributed by atoms with Crippen LogP contribution in [0.4, 0.5) is 5.69 Å². The Morgan fingerprint density at radius 3 is 2.40 bits per heavy atom. The molecule has 0 bridgehead atoms.